The third-order valence-electron chi connectivity index (χ3n) is 4.98. The molecule has 0 aliphatic carbocycles. The highest BCUT2D eigenvalue weighted by Crippen LogP contribution is 2.31. The van der Waals surface area contributed by atoms with Crippen molar-refractivity contribution in [3.05, 3.63) is 34.7 Å². The van der Waals surface area contributed by atoms with Crippen LogP contribution in [-0.2, 0) is 26.2 Å². The fourth-order valence-electron chi connectivity index (χ4n) is 3.54. The molecule has 0 spiro atoms. The first-order valence-corrected chi connectivity index (χ1v) is 8.46. The molecule has 3 rings (SSSR count). The molecule has 26 heavy (non-hydrogen) atoms. The Morgan fingerprint density at radius 1 is 1.38 bits per heavy atom. The molecule has 0 bridgehead atoms. The molecule has 0 saturated carbocycles. The van der Waals surface area contributed by atoms with Crippen LogP contribution in [0.4, 0.5) is 13.2 Å². The molecule has 9 heteroatoms. The number of fused-ring (bicyclic) bond motifs is 1. The van der Waals surface area contributed by atoms with Crippen LogP contribution >= 0.6 is 0 Å². The molecule has 6 nitrogen and oxygen atoms in total. The fraction of sp³-hybridized carbons (Fsp3) is 0.588. The van der Waals surface area contributed by atoms with Crippen LogP contribution in [0.25, 0.3) is 0 Å². The van der Waals surface area contributed by atoms with Gasteiger partial charge in [0.2, 0.25) is 0 Å². The fourth-order valence-corrected chi connectivity index (χ4v) is 3.54. The molecule has 0 N–H and O–H groups in total. The molecule has 1 aliphatic rings. The zero-order valence-electron chi connectivity index (χ0n) is 15.3. The van der Waals surface area contributed by atoms with E-state index in [2.05, 4.69) is 10.1 Å². The van der Waals surface area contributed by atoms with E-state index in [0.717, 1.165) is 11.9 Å². The Kier molecular flexibility index (Phi) is 4.58. The summed E-state index contributed by atoms with van der Waals surface area (Å²) in [7, 11) is 3.51. The molecule has 3 heterocycles. The van der Waals surface area contributed by atoms with Gasteiger partial charge >= 0.3 is 6.18 Å². The molecule has 0 saturated heterocycles. The second-order valence-electron chi connectivity index (χ2n) is 6.95. The van der Waals surface area contributed by atoms with Crippen molar-refractivity contribution >= 4 is 5.91 Å². The summed E-state index contributed by atoms with van der Waals surface area (Å²) in [5, 5.41) is 4.27. The second-order valence-corrected chi connectivity index (χ2v) is 6.95. The van der Waals surface area contributed by atoms with Crippen molar-refractivity contribution in [2.45, 2.75) is 39.4 Å². The average Bonchev–Trinajstić information content (AvgIpc) is 3.07. The Hall–Kier alpha value is -2.32. The molecule has 0 unspecified atom stereocenters. The summed E-state index contributed by atoms with van der Waals surface area (Å²) in [6.45, 7) is 4.55. The van der Waals surface area contributed by atoms with Crippen LogP contribution in [0.3, 0.4) is 0 Å². The van der Waals surface area contributed by atoms with E-state index < -0.39 is 11.9 Å². The summed E-state index contributed by atoms with van der Waals surface area (Å²) in [6.07, 6.45) is -2.18. The normalized spacial score (nSPS) is 17.3. The number of alkyl halides is 3. The maximum atomic E-state index is 12.8. The van der Waals surface area contributed by atoms with Gasteiger partial charge in [-0.1, -0.05) is 0 Å². The SMILES string of the molecule is Cc1nn(C)c(C)c1C(=O)N(C)C[C@@H]1CCc2nc(C(F)(F)F)cn2C1. The Morgan fingerprint density at radius 3 is 2.65 bits per heavy atom. The third-order valence-corrected chi connectivity index (χ3v) is 4.98. The summed E-state index contributed by atoms with van der Waals surface area (Å²) < 4.78 is 41.7. The van der Waals surface area contributed by atoms with Gasteiger partial charge in [0.15, 0.2) is 5.69 Å². The molecule has 1 amide bonds. The molecule has 1 atom stereocenters. The van der Waals surface area contributed by atoms with Gasteiger partial charge in [0.05, 0.1) is 11.3 Å². The molecule has 2 aromatic heterocycles. The van der Waals surface area contributed by atoms with Gasteiger partial charge in [0.25, 0.3) is 5.91 Å². The Balaban J connectivity index is 1.70. The van der Waals surface area contributed by atoms with Crippen LogP contribution in [0.1, 0.15) is 39.7 Å². The predicted octanol–water partition coefficient (Wildman–Crippen LogP) is 2.59. The summed E-state index contributed by atoms with van der Waals surface area (Å²) in [4.78, 5) is 18.1. The van der Waals surface area contributed by atoms with Gasteiger partial charge in [-0.3, -0.25) is 9.48 Å². The Labute approximate surface area is 149 Å². The lowest BCUT2D eigenvalue weighted by atomic mass is 9.98. The number of hydrogen-bond donors (Lipinski definition) is 0. The highest BCUT2D eigenvalue weighted by molar-refractivity contribution is 5.96. The maximum Gasteiger partial charge on any atom is 0.434 e. The average molecular weight is 369 g/mol. The van der Waals surface area contributed by atoms with Gasteiger partial charge in [0.1, 0.15) is 5.82 Å². The highest BCUT2D eigenvalue weighted by atomic mass is 19.4. The number of amides is 1. The van der Waals surface area contributed by atoms with Gasteiger partial charge in [-0.05, 0) is 26.2 Å². The van der Waals surface area contributed by atoms with E-state index >= 15 is 0 Å². The minimum absolute atomic E-state index is 0.0871. The van der Waals surface area contributed by atoms with Crippen molar-refractivity contribution < 1.29 is 18.0 Å². The smallest absolute Gasteiger partial charge is 0.341 e. The van der Waals surface area contributed by atoms with Gasteiger partial charge in [0, 0.05) is 45.5 Å². The lowest BCUT2D eigenvalue weighted by Gasteiger charge is -2.28. The number of aryl methyl sites for hydroxylation is 3. The first-order chi connectivity index (χ1) is 12.1. The largest absolute Gasteiger partial charge is 0.434 e. The van der Waals surface area contributed by atoms with Crippen molar-refractivity contribution in [2.24, 2.45) is 13.0 Å². The second kappa shape index (κ2) is 6.44. The van der Waals surface area contributed by atoms with Crippen LogP contribution in [0.5, 0.6) is 0 Å². The lowest BCUT2D eigenvalue weighted by Crippen LogP contribution is -2.35. The van der Waals surface area contributed by atoms with Crippen LogP contribution in [0, 0.1) is 19.8 Å². The van der Waals surface area contributed by atoms with Gasteiger partial charge in [-0.25, -0.2) is 4.98 Å². The standard InChI is InChI=1S/C17H22F3N5O/c1-10-15(11(2)24(4)22-10)16(26)23(3)7-12-5-6-14-21-13(17(18,19)20)9-25(14)8-12/h9,12H,5-8H2,1-4H3/t12-/m0/s1. The van der Waals surface area contributed by atoms with Crippen molar-refractivity contribution in [2.75, 3.05) is 13.6 Å². The summed E-state index contributed by atoms with van der Waals surface area (Å²) >= 11 is 0. The Bertz CT molecular complexity index is 836. The molecule has 0 fully saturated rings. The van der Waals surface area contributed by atoms with E-state index in [1.165, 1.54) is 0 Å². The Morgan fingerprint density at radius 2 is 2.08 bits per heavy atom. The van der Waals surface area contributed by atoms with Crippen LogP contribution in [0.15, 0.2) is 6.20 Å². The van der Waals surface area contributed by atoms with Gasteiger partial charge in [-0.15, -0.1) is 0 Å². The number of aromatic nitrogens is 4. The molecular formula is C17H22F3N5O. The van der Waals surface area contributed by atoms with Crippen LogP contribution in [-0.4, -0.2) is 43.7 Å². The van der Waals surface area contributed by atoms with E-state index in [9.17, 15) is 18.0 Å². The minimum atomic E-state index is -4.43. The zero-order chi connectivity index (χ0) is 19.2. The molecule has 0 aromatic carbocycles. The van der Waals surface area contributed by atoms with Crippen molar-refractivity contribution in [3.8, 4) is 0 Å². The topological polar surface area (TPSA) is 56.0 Å². The number of carbonyl (C=O) groups excluding carboxylic acids is 1. The molecule has 1 aliphatic heterocycles. The number of halogens is 3. The van der Waals surface area contributed by atoms with Crippen molar-refractivity contribution in [1.29, 1.82) is 0 Å². The van der Waals surface area contributed by atoms with E-state index in [1.807, 2.05) is 6.92 Å². The first-order valence-electron chi connectivity index (χ1n) is 8.46. The van der Waals surface area contributed by atoms with E-state index in [1.54, 1.807) is 35.2 Å². The lowest BCUT2D eigenvalue weighted by molar-refractivity contribution is -0.141. The molecule has 142 valence electrons. The van der Waals surface area contributed by atoms with Crippen molar-refractivity contribution in [1.82, 2.24) is 24.2 Å². The van der Waals surface area contributed by atoms with Gasteiger partial charge < -0.3 is 9.47 Å². The summed E-state index contributed by atoms with van der Waals surface area (Å²) in [5.41, 5.74) is 1.22. The summed E-state index contributed by atoms with van der Waals surface area (Å²) in [5.74, 6) is 0.436. The van der Waals surface area contributed by atoms with Crippen molar-refractivity contribution in [3.63, 3.8) is 0 Å². The first kappa shape index (κ1) is 18.5. The van der Waals surface area contributed by atoms with E-state index in [-0.39, 0.29) is 11.8 Å². The molecule has 2 aromatic rings. The monoisotopic (exact) mass is 369 g/mol. The highest BCUT2D eigenvalue weighted by Gasteiger charge is 2.36. The van der Waals surface area contributed by atoms with Gasteiger partial charge in [-0.2, -0.15) is 18.3 Å². The predicted molar refractivity (Wildman–Crippen MR) is 88.7 cm³/mol. The summed E-state index contributed by atoms with van der Waals surface area (Å²) in [6, 6.07) is 0. The third kappa shape index (κ3) is 3.34. The number of nitrogens with zero attached hydrogens (tertiary/aromatic N) is 5. The number of carbonyl (C=O) groups is 1. The number of hydrogen-bond acceptors (Lipinski definition) is 3. The minimum Gasteiger partial charge on any atom is -0.341 e. The number of rotatable bonds is 3. The van der Waals surface area contributed by atoms with E-state index in [0.29, 0.717) is 43.0 Å². The van der Waals surface area contributed by atoms with Crippen LogP contribution in [0.2, 0.25) is 0 Å². The number of imidazole rings is 1. The maximum absolute atomic E-state index is 12.8. The molecule has 0 radical (unpaired) electrons. The van der Waals surface area contributed by atoms with Crippen LogP contribution < -0.4 is 0 Å². The zero-order valence-corrected chi connectivity index (χ0v) is 15.3. The van der Waals surface area contributed by atoms with E-state index in [4.69, 9.17) is 0 Å². The quantitative estimate of drug-likeness (QED) is 0.836. The molecular weight excluding hydrogens is 347 g/mol.